The molecule has 0 aliphatic carbocycles. The summed E-state index contributed by atoms with van der Waals surface area (Å²) >= 11 is 1.39. The maximum absolute atomic E-state index is 12.5. The van der Waals surface area contributed by atoms with Crippen molar-refractivity contribution >= 4 is 33.4 Å². The van der Waals surface area contributed by atoms with Crippen molar-refractivity contribution in [3.05, 3.63) is 58.4 Å². The van der Waals surface area contributed by atoms with Gasteiger partial charge in [0, 0.05) is 0 Å². The minimum absolute atomic E-state index is 0.00866. The van der Waals surface area contributed by atoms with Crippen LogP contribution in [0.2, 0.25) is 0 Å². The highest BCUT2D eigenvalue weighted by Crippen LogP contribution is 2.19. The molecule has 0 unspecified atom stereocenters. The fourth-order valence-corrected chi connectivity index (χ4v) is 3.95. The average Bonchev–Trinajstić information content (AvgIpc) is 2.99. The lowest BCUT2D eigenvalue weighted by molar-refractivity contribution is -0.141. The third kappa shape index (κ3) is 4.67. The number of methoxy groups -OCH3 is 1. The number of rotatable bonds is 6. The fourth-order valence-electron chi connectivity index (χ4n) is 2.80. The van der Waals surface area contributed by atoms with E-state index in [1.165, 1.54) is 18.4 Å². The van der Waals surface area contributed by atoms with Gasteiger partial charge in [-0.05, 0) is 49.2 Å². The Kier molecular flexibility index (Phi) is 6.26. The predicted octanol–water partition coefficient (Wildman–Crippen LogP) is 3.25. The first-order valence-electron chi connectivity index (χ1n) is 8.96. The molecule has 6 nitrogen and oxygen atoms in total. The molecule has 0 spiro atoms. The molecule has 0 atom stereocenters. The summed E-state index contributed by atoms with van der Waals surface area (Å²) in [6, 6.07) is 13.3. The van der Waals surface area contributed by atoms with Gasteiger partial charge in [0.2, 0.25) is 0 Å². The summed E-state index contributed by atoms with van der Waals surface area (Å²) in [7, 11) is 1.34. The van der Waals surface area contributed by atoms with E-state index in [0.29, 0.717) is 11.4 Å². The highest BCUT2D eigenvalue weighted by atomic mass is 32.1. The topological polar surface area (TPSA) is 69.9 Å². The van der Waals surface area contributed by atoms with Gasteiger partial charge in [-0.2, -0.15) is 4.99 Å². The number of carbonyl (C=O) groups is 2. The van der Waals surface area contributed by atoms with Crippen molar-refractivity contribution in [1.29, 1.82) is 0 Å². The number of benzene rings is 2. The lowest BCUT2D eigenvalue weighted by Crippen LogP contribution is -2.22. The third-order valence-electron chi connectivity index (χ3n) is 4.16. The lowest BCUT2D eigenvalue weighted by Gasteiger charge is -2.04. The number of carbonyl (C=O) groups excluding carboxylic acids is 2. The monoisotopic (exact) mass is 398 g/mol. The summed E-state index contributed by atoms with van der Waals surface area (Å²) in [6.45, 7) is 4.53. The van der Waals surface area contributed by atoms with Crippen LogP contribution in [0.1, 0.15) is 18.1 Å². The average molecular weight is 398 g/mol. The molecular weight excluding hydrogens is 376 g/mol. The number of nitrogens with zero attached hydrogens (tertiary/aromatic N) is 2. The second kappa shape index (κ2) is 8.84. The number of hydrogen-bond donors (Lipinski definition) is 0. The van der Waals surface area contributed by atoms with Gasteiger partial charge in [-0.1, -0.05) is 29.5 Å². The minimum atomic E-state index is -0.388. The summed E-state index contributed by atoms with van der Waals surface area (Å²) in [5, 5.41) is 0. The van der Waals surface area contributed by atoms with Crippen LogP contribution in [-0.2, 0) is 27.3 Å². The van der Waals surface area contributed by atoms with Crippen LogP contribution in [-0.4, -0.2) is 30.2 Å². The van der Waals surface area contributed by atoms with Gasteiger partial charge in [0.05, 0.1) is 30.4 Å². The Balaban J connectivity index is 1.91. The van der Waals surface area contributed by atoms with E-state index in [1.807, 2.05) is 56.3 Å². The van der Waals surface area contributed by atoms with Crippen molar-refractivity contribution in [2.24, 2.45) is 4.99 Å². The van der Waals surface area contributed by atoms with Crippen molar-refractivity contribution < 1.29 is 19.1 Å². The molecule has 0 saturated carbocycles. The smallest absolute Gasteiger partial charge is 0.325 e. The SMILES string of the molecule is CCOc1ccc(CC(=O)N=c2sc3cc(C)ccc3n2CC(=O)OC)cc1. The fraction of sp³-hybridized carbons (Fsp3) is 0.286. The van der Waals surface area contributed by atoms with E-state index in [0.717, 1.165) is 27.1 Å². The first-order valence-corrected chi connectivity index (χ1v) is 9.78. The van der Waals surface area contributed by atoms with Gasteiger partial charge >= 0.3 is 5.97 Å². The molecule has 1 aromatic heterocycles. The minimum Gasteiger partial charge on any atom is -0.494 e. The summed E-state index contributed by atoms with van der Waals surface area (Å²) in [5.41, 5.74) is 2.81. The van der Waals surface area contributed by atoms with Crippen molar-refractivity contribution in [3.63, 3.8) is 0 Å². The summed E-state index contributed by atoms with van der Waals surface area (Å²) in [5.74, 6) is 0.109. The van der Waals surface area contributed by atoms with Crippen LogP contribution in [0.25, 0.3) is 10.2 Å². The van der Waals surface area contributed by atoms with E-state index in [2.05, 4.69) is 4.99 Å². The van der Waals surface area contributed by atoms with Gasteiger partial charge in [-0.25, -0.2) is 0 Å². The Morgan fingerprint density at radius 1 is 1.14 bits per heavy atom. The Morgan fingerprint density at radius 2 is 1.89 bits per heavy atom. The molecule has 2 aromatic carbocycles. The van der Waals surface area contributed by atoms with Gasteiger partial charge in [0.15, 0.2) is 4.80 Å². The molecule has 0 aliphatic heterocycles. The van der Waals surface area contributed by atoms with Gasteiger partial charge in [-0.3, -0.25) is 9.59 Å². The van der Waals surface area contributed by atoms with E-state index < -0.39 is 0 Å². The van der Waals surface area contributed by atoms with Gasteiger partial charge in [0.25, 0.3) is 5.91 Å². The predicted molar refractivity (Wildman–Crippen MR) is 108 cm³/mol. The first-order chi connectivity index (χ1) is 13.5. The van der Waals surface area contributed by atoms with Gasteiger partial charge < -0.3 is 14.0 Å². The molecule has 0 radical (unpaired) electrons. The zero-order valence-electron chi connectivity index (χ0n) is 16.1. The third-order valence-corrected chi connectivity index (χ3v) is 5.20. The lowest BCUT2D eigenvalue weighted by atomic mass is 10.1. The number of thiazole rings is 1. The molecule has 0 aliphatic rings. The van der Waals surface area contributed by atoms with Crippen LogP contribution in [0.3, 0.4) is 0 Å². The van der Waals surface area contributed by atoms with E-state index in [-0.39, 0.29) is 24.8 Å². The molecule has 28 heavy (non-hydrogen) atoms. The number of ether oxygens (including phenoxy) is 2. The molecule has 0 saturated heterocycles. The summed E-state index contributed by atoms with van der Waals surface area (Å²) in [6.07, 6.45) is 0.178. The van der Waals surface area contributed by atoms with E-state index in [9.17, 15) is 9.59 Å². The molecule has 146 valence electrons. The highest BCUT2D eigenvalue weighted by Gasteiger charge is 2.12. The Hall–Kier alpha value is -2.93. The van der Waals surface area contributed by atoms with Gasteiger partial charge in [0.1, 0.15) is 12.3 Å². The van der Waals surface area contributed by atoms with Crippen LogP contribution in [0.5, 0.6) is 5.75 Å². The highest BCUT2D eigenvalue weighted by molar-refractivity contribution is 7.16. The zero-order valence-corrected chi connectivity index (χ0v) is 16.9. The molecule has 1 amide bonds. The number of fused-ring (bicyclic) bond motifs is 1. The van der Waals surface area contributed by atoms with Crippen molar-refractivity contribution in [2.75, 3.05) is 13.7 Å². The number of amides is 1. The molecule has 0 N–H and O–H groups in total. The molecule has 0 bridgehead atoms. The number of aromatic nitrogens is 1. The normalized spacial score (nSPS) is 11.6. The quantitative estimate of drug-likeness (QED) is 0.598. The second-order valence-electron chi connectivity index (χ2n) is 6.28. The first kappa shape index (κ1) is 19.8. The van der Waals surface area contributed by atoms with Crippen molar-refractivity contribution in [3.8, 4) is 5.75 Å². The van der Waals surface area contributed by atoms with Crippen LogP contribution in [0.4, 0.5) is 0 Å². The van der Waals surface area contributed by atoms with Crippen molar-refractivity contribution in [2.45, 2.75) is 26.8 Å². The van der Waals surface area contributed by atoms with Crippen LogP contribution >= 0.6 is 11.3 Å². The Bertz CT molecular complexity index is 1060. The van der Waals surface area contributed by atoms with Crippen LogP contribution in [0.15, 0.2) is 47.5 Å². The Labute approximate surface area is 167 Å². The molecule has 1 heterocycles. The molecule has 3 aromatic rings. The maximum Gasteiger partial charge on any atom is 0.325 e. The molecule has 7 heteroatoms. The molecule has 3 rings (SSSR count). The standard InChI is InChI=1S/C21H22N2O4S/c1-4-27-16-8-6-15(7-9-16)12-19(24)22-21-23(13-20(25)26-3)17-10-5-14(2)11-18(17)28-21/h5-11H,4,12-13H2,1-3H3. The number of hydrogen-bond acceptors (Lipinski definition) is 5. The maximum atomic E-state index is 12.5. The zero-order chi connectivity index (χ0) is 20.1. The van der Waals surface area contributed by atoms with Crippen LogP contribution in [0, 0.1) is 6.92 Å². The summed E-state index contributed by atoms with van der Waals surface area (Å²) < 4.78 is 12.9. The van der Waals surface area contributed by atoms with Crippen molar-refractivity contribution in [1.82, 2.24) is 4.57 Å². The second-order valence-corrected chi connectivity index (χ2v) is 7.29. The van der Waals surface area contributed by atoms with Crippen LogP contribution < -0.4 is 9.54 Å². The largest absolute Gasteiger partial charge is 0.494 e. The number of aryl methyl sites for hydroxylation is 1. The molecular formula is C21H22N2O4S. The Morgan fingerprint density at radius 3 is 2.57 bits per heavy atom. The van der Waals surface area contributed by atoms with E-state index in [1.54, 1.807) is 4.57 Å². The summed E-state index contributed by atoms with van der Waals surface area (Å²) in [4.78, 5) is 29.1. The van der Waals surface area contributed by atoms with Gasteiger partial charge in [-0.15, -0.1) is 0 Å². The van der Waals surface area contributed by atoms with E-state index in [4.69, 9.17) is 9.47 Å². The van der Waals surface area contributed by atoms with E-state index >= 15 is 0 Å². The number of esters is 1. The molecule has 0 fully saturated rings.